The number of carboxylic acids is 1. The van der Waals surface area contributed by atoms with Gasteiger partial charge in [0.2, 0.25) is 5.91 Å². The lowest BCUT2D eigenvalue weighted by atomic mass is 9.94. The van der Waals surface area contributed by atoms with E-state index in [1.807, 2.05) is 0 Å². The Morgan fingerprint density at radius 2 is 1.83 bits per heavy atom. The second-order valence-electron chi connectivity index (χ2n) is 4.91. The molecule has 0 bridgehead atoms. The van der Waals surface area contributed by atoms with Crippen molar-refractivity contribution in [2.45, 2.75) is 52.9 Å². The van der Waals surface area contributed by atoms with E-state index in [1.165, 1.54) is 0 Å². The second kappa shape index (κ2) is 8.91. The van der Waals surface area contributed by atoms with Crippen LogP contribution in [0.1, 0.15) is 52.9 Å². The Bertz CT molecular complexity index is 269. The maximum atomic E-state index is 11.3. The zero-order chi connectivity index (χ0) is 14.1. The van der Waals surface area contributed by atoms with E-state index in [1.54, 1.807) is 6.92 Å². The van der Waals surface area contributed by atoms with Gasteiger partial charge < -0.3 is 5.11 Å². The summed E-state index contributed by atoms with van der Waals surface area (Å²) in [5.41, 5.74) is 0. The standard InChI is InChI=1S/C13H26N2O3/c1-4-6-10(3)7-8-11(13(17)18)9-15(14)12(16)5-2/h10-11H,4-9,14H2,1-3H3,(H,17,18). The van der Waals surface area contributed by atoms with E-state index < -0.39 is 11.9 Å². The fourth-order valence-corrected chi connectivity index (χ4v) is 1.96. The van der Waals surface area contributed by atoms with Gasteiger partial charge in [-0.3, -0.25) is 14.6 Å². The first-order valence-electron chi connectivity index (χ1n) is 6.70. The van der Waals surface area contributed by atoms with Gasteiger partial charge in [0.05, 0.1) is 12.5 Å². The van der Waals surface area contributed by atoms with Gasteiger partial charge >= 0.3 is 5.97 Å². The third kappa shape index (κ3) is 6.59. The van der Waals surface area contributed by atoms with Gasteiger partial charge in [-0.05, 0) is 18.8 Å². The number of hydrogen-bond donors (Lipinski definition) is 2. The fraction of sp³-hybridized carbons (Fsp3) is 0.846. The van der Waals surface area contributed by atoms with Crippen LogP contribution in [0.4, 0.5) is 0 Å². The summed E-state index contributed by atoms with van der Waals surface area (Å²) >= 11 is 0. The van der Waals surface area contributed by atoms with Crippen LogP contribution in [0.5, 0.6) is 0 Å². The van der Waals surface area contributed by atoms with Crippen molar-refractivity contribution in [3.63, 3.8) is 0 Å². The highest BCUT2D eigenvalue weighted by molar-refractivity contribution is 5.76. The summed E-state index contributed by atoms with van der Waals surface area (Å²) in [6, 6.07) is 0. The number of nitrogens with zero attached hydrogens (tertiary/aromatic N) is 1. The van der Waals surface area contributed by atoms with Gasteiger partial charge in [0, 0.05) is 6.42 Å². The molecule has 18 heavy (non-hydrogen) atoms. The number of nitrogens with two attached hydrogens (primary N) is 1. The van der Waals surface area contributed by atoms with Crippen molar-refractivity contribution in [1.29, 1.82) is 0 Å². The number of hydrazine groups is 1. The predicted molar refractivity (Wildman–Crippen MR) is 70.6 cm³/mol. The van der Waals surface area contributed by atoms with Crippen molar-refractivity contribution in [3.05, 3.63) is 0 Å². The van der Waals surface area contributed by atoms with Crippen LogP contribution in [0.2, 0.25) is 0 Å². The number of carboxylic acid groups (broad SMARTS) is 1. The normalized spacial score (nSPS) is 14.0. The predicted octanol–water partition coefficient (Wildman–Crippen LogP) is 2.02. The minimum absolute atomic E-state index is 0.0981. The van der Waals surface area contributed by atoms with Crippen LogP contribution < -0.4 is 5.84 Å². The number of carbonyl (C=O) groups excluding carboxylic acids is 1. The van der Waals surface area contributed by atoms with Crippen molar-refractivity contribution in [2.24, 2.45) is 17.7 Å². The van der Waals surface area contributed by atoms with Crippen LogP contribution in [0.15, 0.2) is 0 Å². The molecule has 106 valence electrons. The molecule has 0 saturated carbocycles. The maximum absolute atomic E-state index is 11.3. The smallest absolute Gasteiger partial charge is 0.308 e. The Hall–Kier alpha value is -1.10. The maximum Gasteiger partial charge on any atom is 0.308 e. The summed E-state index contributed by atoms with van der Waals surface area (Å²) in [6.07, 6.45) is 3.94. The Labute approximate surface area is 109 Å². The molecule has 0 aliphatic heterocycles. The summed E-state index contributed by atoms with van der Waals surface area (Å²) < 4.78 is 0. The van der Waals surface area contributed by atoms with E-state index >= 15 is 0 Å². The SMILES string of the molecule is CCCC(C)CCC(CN(N)C(=O)CC)C(=O)O. The zero-order valence-corrected chi connectivity index (χ0v) is 11.7. The minimum atomic E-state index is -0.877. The zero-order valence-electron chi connectivity index (χ0n) is 11.7. The van der Waals surface area contributed by atoms with E-state index in [9.17, 15) is 9.59 Å². The molecule has 0 aliphatic carbocycles. The number of aliphatic carboxylic acids is 1. The van der Waals surface area contributed by atoms with Crippen LogP contribution in [0, 0.1) is 11.8 Å². The molecular formula is C13H26N2O3. The Morgan fingerprint density at radius 3 is 2.28 bits per heavy atom. The van der Waals surface area contributed by atoms with Gasteiger partial charge in [-0.25, -0.2) is 5.84 Å². The first-order valence-corrected chi connectivity index (χ1v) is 6.70. The van der Waals surface area contributed by atoms with Crippen molar-refractivity contribution >= 4 is 11.9 Å². The summed E-state index contributed by atoms with van der Waals surface area (Å²) in [5.74, 6) is 4.41. The third-order valence-corrected chi connectivity index (χ3v) is 3.18. The second-order valence-corrected chi connectivity index (χ2v) is 4.91. The van der Waals surface area contributed by atoms with Gasteiger partial charge in [-0.15, -0.1) is 0 Å². The average molecular weight is 258 g/mol. The highest BCUT2D eigenvalue weighted by atomic mass is 16.4. The van der Waals surface area contributed by atoms with Gasteiger partial charge in [0.15, 0.2) is 0 Å². The van der Waals surface area contributed by atoms with Crippen LogP contribution in [-0.2, 0) is 9.59 Å². The summed E-state index contributed by atoms with van der Waals surface area (Å²) in [5, 5.41) is 10.2. The van der Waals surface area contributed by atoms with E-state index in [4.69, 9.17) is 10.9 Å². The lowest BCUT2D eigenvalue weighted by Crippen LogP contribution is -2.42. The molecule has 0 saturated heterocycles. The number of amides is 1. The molecule has 0 radical (unpaired) electrons. The van der Waals surface area contributed by atoms with Crippen LogP contribution in [0.25, 0.3) is 0 Å². The molecule has 2 atom stereocenters. The van der Waals surface area contributed by atoms with E-state index in [0.29, 0.717) is 18.8 Å². The number of carbonyl (C=O) groups is 2. The average Bonchev–Trinajstić information content (AvgIpc) is 2.32. The largest absolute Gasteiger partial charge is 0.481 e. The molecule has 0 fully saturated rings. The molecule has 0 aliphatic rings. The topological polar surface area (TPSA) is 83.6 Å². The number of rotatable bonds is 9. The van der Waals surface area contributed by atoms with Crippen molar-refractivity contribution in [2.75, 3.05) is 6.54 Å². The minimum Gasteiger partial charge on any atom is -0.481 e. The van der Waals surface area contributed by atoms with Crippen LogP contribution in [-0.4, -0.2) is 28.5 Å². The third-order valence-electron chi connectivity index (χ3n) is 3.18. The summed E-state index contributed by atoms with van der Waals surface area (Å²) in [4.78, 5) is 22.4. The van der Waals surface area contributed by atoms with Crippen molar-refractivity contribution in [1.82, 2.24) is 5.01 Å². The van der Waals surface area contributed by atoms with Crippen LogP contribution in [0.3, 0.4) is 0 Å². The highest BCUT2D eigenvalue weighted by Crippen LogP contribution is 2.17. The Morgan fingerprint density at radius 1 is 1.22 bits per heavy atom. The fourth-order valence-electron chi connectivity index (χ4n) is 1.96. The van der Waals surface area contributed by atoms with E-state index in [0.717, 1.165) is 24.3 Å². The molecule has 2 unspecified atom stereocenters. The molecule has 5 nitrogen and oxygen atoms in total. The first-order chi connectivity index (χ1) is 8.42. The van der Waals surface area contributed by atoms with Gasteiger partial charge in [0.1, 0.15) is 0 Å². The molecule has 0 aromatic carbocycles. The molecule has 0 aromatic heterocycles. The molecule has 0 spiro atoms. The molecule has 3 N–H and O–H groups in total. The Kier molecular flexibility index (Phi) is 8.37. The molecule has 0 aromatic rings. The molecule has 5 heteroatoms. The first kappa shape index (κ1) is 16.9. The van der Waals surface area contributed by atoms with Gasteiger partial charge in [-0.1, -0.05) is 33.6 Å². The van der Waals surface area contributed by atoms with E-state index in [2.05, 4.69) is 13.8 Å². The lowest BCUT2D eigenvalue weighted by Gasteiger charge is -2.21. The quantitative estimate of drug-likeness (QED) is 0.376. The van der Waals surface area contributed by atoms with Gasteiger partial charge in [0.25, 0.3) is 0 Å². The molecular weight excluding hydrogens is 232 g/mol. The monoisotopic (exact) mass is 258 g/mol. The van der Waals surface area contributed by atoms with Crippen molar-refractivity contribution < 1.29 is 14.7 Å². The van der Waals surface area contributed by atoms with E-state index in [-0.39, 0.29) is 12.5 Å². The molecule has 0 rings (SSSR count). The molecule has 0 heterocycles. The summed E-state index contributed by atoms with van der Waals surface area (Å²) in [6.45, 7) is 6.05. The van der Waals surface area contributed by atoms with Crippen LogP contribution >= 0.6 is 0 Å². The van der Waals surface area contributed by atoms with Crippen molar-refractivity contribution in [3.8, 4) is 0 Å². The summed E-state index contributed by atoms with van der Waals surface area (Å²) in [7, 11) is 0. The lowest BCUT2D eigenvalue weighted by molar-refractivity contribution is -0.144. The Balaban J connectivity index is 4.23. The highest BCUT2D eigenvalue weighted by Gasteiger charge is 2.22. The molecule has 1 amide bonds. The number of hydrogen-bond acceptors (Lipinski definition) is 3. The van der Waals surface area contributed by atoms with Gasteiger partial charge in [-0.2, -0.15) is 0 Å².